The van der Waals surface area contributed by atoms with E-state index < -0.39 is 7.82 Å². The first kappa shape index (κ1) is 19.2. The standard InChI is InChI=1S/C17H29O4P/c1-3-5-7-8-12-16-20-22(18,19-15-6-4-2)21-17-13-10-9-11-14-17/h9-11,13-14H,3-8,12,15-16H2,1-2H3. The van der Waals surface area contributed by atoms with Crippen molar-refractivity contribution in [2.75, 3.05) is 13.2 Å². The molecule has 5 heteroatoms. The van der Waals surface area contributed by atoms with E-state index in [1.54, 1.807) is 12.1 Å². The van der Waals surface area contributed by atoms with Crippen LogP contribution >= 0.6 is 7.82 Å². The first-order valence-electron chi connectivity index (χ1n) is 8.34. The molecule has 1 unspecified atom stereocenters. The van der Waals surface area contributed by atoms with E-state index in [2.05, 4.69) is 13.8 Å². The fourth-order valence-electron chi connectivity index (χ4n) is 1.90. The van der Waals surface area contributed by atoms with Crippen LogP contribution in [0.4, 0.5) is 0 Å². The molecular weight excluding hydrogens is 299 g/mol. The second kappa shape index (κ2) is 11.7. The Kier molecular flexibility index (Phi) is 10.2. The van der Waals surface area contributed by atoms with Gasteiger partial charge in [-0.2, -0.15) is 0 Å². The molecule has 0 saturated carbocycles. The van der Waals surface area contributed by atoms with E-state index in [1.165, 1.54) is 19.3 Å². The highest BCUT2D eigenvalue weighted by atomic mass is 31.2. The number of benzene rings is 1. The SMILES string of the molecule is CCCCCCCOP(=O)(OCCCC)Oc1ccccc1. The zero-order valence-corrected chi connectivity index (χ0v) is 14.7. The number of rotatable bonds is 13. The lowest BCUT2D eigenvalue weighted by atomic mass is 10.2. The molecule has 0 aliphatic carbocycles. The summed E-state index contributed by atoms with van der Waals surface area (Å²) in [5.74, 6) is 0.508. The van der Waals surface area contributed by atoms with E-state index in [1.807, 2.05) is 18.2 Å². The molecule has 0 N–H and O–H groups in total. The number of unbranched alkanes of at least 4 members (excludes halogenated alkanes) is 5. The highest BCUT2D eigenvalue weighted by Crippen LogP contribution is 2.49. The molecule has 0 heterocycles. The predicted molar refractivity (Wildman–Crippen MR) is 90.2 cm³/mol. The van der Waals surface area contributed by atoms with E-state index >= 15 is 0 Å². The normalized spacial score (nSPS) is 13.7. The van der Waals surface area contributed by atoms with Crippen LogP contribution in [0.15, 0.2) is 30.3 Å². The molecule has 0 aliphatic rings. The van der Waals surface area contributed by atoms with Gasteiger partial charge in [-0.15, -0.1) is 0 Å². The Morgan fingerprint density at radius 3 is 2.05 bits per heavy atom. The fourth-order valence-corrected chi connectivity index (χ4v) is 3.17. The molecule has 22 heavy (non-hydrogen) atoms. The second-order valence-electron chi connectivity index (χ2n) is 5.29. The van der Waals surface area contributed by atoms with Crippen LogP contribution in [-0.2, 0) is 13.6 Å². The van der Waals surface area contributed by atoms with Gasteiger partial charge in [-0.05, 0) is 25.0 Å². The Morgan fingerprint density at radius 2 is 1.41 bits per heavy atom. The van der Waals surface area contributed by atoms with Gasteiger partial charge in [-0.1, -0.05) is 64.2 Å². The Bertz CT molecular complexity index is 422. The lowest BCUT2D eigenvalue weighted by Gasteiger charge is -2.18. The summed E-state index contributed by atoms with van der Waals surface area (Å²) in [7, 11) is -3.53. The third-order valence-corrected chi connectivity index (χ3v) is 4.64. The summed E-state index contributed by atoms with van der Waals surface area (Å²) in [6.07, 6.45) is 7.37. The maximum Gasteiger partial charge on any atom is 0.530 e. The predicted octanol–water partition coefficient (Wildman–Crippen LogP) is 5.98. The molecule has 0 saturated heterocycles. The minimum Gasteiger partial charge on any atom is -0.404 e. The molecule has 1 rings (SSSR count). The number of para-hydroxylation sites is 1. The van der Waals surface area contributed by atoms with E-state index in [9.17, 15) is 4.57 Å². The Morgan fingerprint density at radius 1 is 0.818 bits per heavy atom. The van der Waals surface area contributed by atoms with Crippen molar-refractivity contribution in [1.82, 2.24) is 0 Å². The van der Waals surface area contributed by atoms with Crippen molar-refractivity contribution in [2.24, 2.45) is 0 Å². The maximum absolute atomic E-state index is 12.7. The van der Waals surface area contributed by atoms with Crippen LogP contribution in [0.5, 0.6) is 5.75 Å². The van der Waals surface area contributed by atoms with Crippen LogP contribution in [-0.4, -0.2) is 13.2 Å². The largest absolute Gasteiger partial charge is 0.530 e. The first-order valence-corrected chi connectivity index (χ1v) is 9.80. The van der Waals surface area contributed by atoms with Gasteiger partial charge < -0.3 is 4.52 Å². The van der Waals surface area contributed by atoms with Crippen molar-refractivity contribution in [3.05, 3.63) is 30.3 Å². The number of phosphoric acid groups is 1. The zero-order chi connectivity index (χ0) is 16.1. The van der Waals surface area contributed by atoms with Gasteiger partial charge in [-0.25, -0.2) is 4.57 Å². The summed E-state index contributed by atoms with van der Waals surface area (Å²) in [6, 6.07) is 9.04. The number of hydrogen-bond donors (Lipinski definition) is 0. The molecule has 4 nitrogen and oxygen atoms in total. The Balaban J connectivity index is 2.45. The van der Waals surface area contributed by atoms with E-state index in [4.69, 9.17) is 13.6 Å². The minimum atomic E-state index is -3.53. The van der Waals surface area contributed by atoms with Crippen molar-refractivity contribution in [1.29, 1.82) is 0 Å². The summed E-state index contributed by atoms with van der Waals surface area (Å²) < 4.78 is 29.1. The molecule has 0 fully saturated rings. The van der Waals surface area contributed by atoms with Crippen LogP contribution in [0.2, 0.25) is 0 Å². The third kappa shape index (κ3) is 8.57. The molecular formula is C17H29O4P. The first-order chi connectivity index (χ1) is 10.7. The van der Waals surface area contributed by atoms with Crippen LogP contribution < -0.4 is 4.52 Å². The topological polar surface area (TPSA) is 44.8 Å². The molecule has 0 aliphatic heterocycles. The average Bonchev–Trinajstić information content (AvgIpc) is 2.52. The van der Waals surface area contributed by atoms with Gasteiger partial charge in [0.25, 0.3) is 0 Å². The van der Waals surface area contributed by atoms with Crippen LogP contribution in [0.25, 0.3) is 0 Å². The zero-order valence-electron chi connectivity index (χ0n) is 13.8. The second-order valence-corrected chi connectivity index (χ2v) is 6.88. The number of phosphoric ester groups is 1. The molecule has 0 bridgehead atoms. The van der Waals surface area contributed by atoms with Gasteiger partial charge in [0, 0.05) is 0 Å². The van der Waals surface area contributed by atoms with Crippen molar-refractivity contribution in [2.45, 2.75) is 58.8 Å². The molecule has 1 atom stereocenters. The summed E-state index contributed by atoms with van der Waals surface area (Å²) in [4.78, 5) is 0. The fraction of sp³-hybridized carbons (Fsp3) is 0.647. The monoisotopic (exact) mass is 328 g/mol. The third-order valence-electron chi connectivity index (χ3n) is 3.21. The van der Waals surface area contributed by atoms with Gasteiger partial charge in [0.1, 0.15) is 5.75 Å². The van der Waals surface area contributed by atoms with Gasteiger partial charge in [0.05, 0.1) is 13.2 Å². The van der Waals surface area contributed by atoms with Gasteiger partial charge >= 0.3 is 7.82 Å². The lowest BCUT2D eigenvalue weighted by molar-refractivity contribution is 0.151. The molecule has 0 aromatic heterocycles. The van der Waals surface area contributed by atoms with Crippen molar-refractivity contribution in [3.8, 4) is 5.75 Å². The molecule has 0 spiro atoms. The molecule has 0 amide bonds. The van der Waals surface area contributed by atoms with Crippen molar-refractivity contribution >= 4 is 7.82 Å². The summed E-state index contributed by atoms with van der Waals surface area (Å²) in [5.41, 5.74) is 0. The van der Waals surface area contributed by atoms with Crippen molar-refractivity contribution < 1.29 is 18.1 Å². The maximum atomic E-state index is 12.7. The smallest absolute Gasteiger partial charge is 0.404 e. The number of hydrogen-bond acceptors (Lipinski definition) is 4. The molecule has 0 radical (unpaired) electrons. The van der Waals surface area contributed by atoms with E-state index in [0.717, 1.165) is 25.7 Å². The molecule has 1 aromatic carbocycles. The quantitative estimate of drug-likeness (QED) is 0.330. The van der Waals surface area contributed by atoms with E-state index in [-0.39, 0.29) is 0 Å². The van der Waals surface area contributed by atoms with Crippen LogP contribution in [0, 0.1) is 0 Å². The van der Waals surface area contributed by atoms with E-state index in [0.29, 0.717) is 19.0 Å². The highest BCUT2D eigenvalue weighted by Gasteiger charge is 2.28. The highest BCUT2D eigenvalue weighted by molar-refractivity contribution is 7.48. The summed E-state index contributed by atoms with van der Waals surface area (Å²) in [5, 5.41) is 0. The summed E-state index contributed by atoms with van der Waals surface area (Å²) in [6.45, 7) is 5.03. The average molecular weight is 328 g/mol. The minimum absolute atomic E-state index is 0.385. The van der Waals surface area contributed by atoms with Gasteiger partial charge in [0.15, 0.2) is 0 Å². The van der Waals surface area contributed by atoms with Gasteiger partial charge in [-0.3, -0.25) is 9.05 Å². The summed E-state index contributed by atoms with van der Waals surface area (Å²) >= 11 is 0. The van der Waals surface area contributed by atoms with Crippen LogP contribution in [0.3, 0.4) is 0 Å². The molecule has 126 valence electrons. The van der Waals surface area contributed by atoms with Crippen LogP contribution in [0.1, 0.15) is 58.8 Å². The molecule has 1 aromatic rings. The van der Waals surface area contributed by atoms with Crippen molar-refractivity contribution in [3.63, 3.8) is 0 Å². The Labute approximate surface area is 134 Å². The van der Waals surface area contributed by atoms with Gasteiger partial charge in [0.2, 0.25) is 0 Å². The lowest BCUT2D eigenvalue weighted by Crippen LogP contribution is -2.05. The Hall–Kier alpha value is -0.830.